The van der Waals surface area contributed by atoms with Crippen molar-refractivity contribution in [3.8, 4) is 5.75 Å². The second kappa shape index (κ2) is 8.43. The fraction of sp³-hybridized carbons (Fsp3) is 0.500. The van der Waals surface area contributed by atoms with Gasteiger partial charge in [-0.05, 0) is 58.0 Å². The Balaban J connectivity index is 1.93. The number of methoxy groups -OCH3 is 1. The summed E-state index contributed by atoms with van der Waals surface area (Å²) >= 11 is 0. The highest BCUT2D eigenvalue weighted by Gasteiger charge is 2.26. The molecule has 1 atom stereocenters. The van der Waals surface area contributed by atoms with Gasteiger partial charge in [0.15, 0.2) is 0 Å². The first-order valence-corrected chi connectivity index (χ1v) is 9.47. The molecule has 0 spiro atoms. The summed E-state index contributed by atoms with van der Waals surface area (Å²) < 4.78 is 10.4. The van der Waals surface area contributed by atoms with Gasteiger partial charge in [0.05, 0.1) is 25.4 Å². The van der Waals surface area contributed by atoms with Gasteiger partial charge >= 0.3 is 5.97 Å². The third kappa shape index (κ3) is 4.08. The van der Waals surface area contributed by atoms with Crippen LogP contribution in [0.15, 0.2) is 18.2 Å². The number of nitrogens with one attached hydrogen (secondary N) is 2. The van der Waals surface area contributed by atoms with Crippen molar-refractivity contribution in [1.82, 2.24) is 9.88 Å². The average molecular weight is 373 g/mol. The molecule has 0 bridgehead atoms. The molecule has 1 aliphatic heterocycles. The van der Waals surface area contributed by atoms with Crippen LogP contribution in [0.1, 0.15) is 43.6 Å². The van der Waals surface area contributed by atoms with Crippen LogP contribution >= 0.6 is 0 Å². The second-order valence-corrected chi connectivity index (χ2v) is 6.77. The number of piperidine rings is 1. The number of rotatable bonds is 6. The summed E-state index contributed by atoms with van der Waals surface area (Å²) in [6, 6.07) is 5.16. The number of hydrogen-bond donors (Lipinski definition) is 2. The molecule has 3 rings (SSSR count). The van der Waals surface area contributed by atoms with Gasteiger partial charge in [-0.3, -0.25) is 9.69 Å². The number of esters is 1. The molecule has 146 valence electrons. The zero-order valence-corrected chi connectivity index (χ0v) is 16.1. The number of amides is 1. The van der Waals surface area contributed by atoms with Crippen molar-refractivity contribution >= 4 is 28.5 Å². The first-order valence-electron chi connectivity index (χ1n) is 9.47. The number of carbonyl (C=O) groups excluding carboxylic acids is 2. The van der Waals surface area contributed by atoms with Gasteiger partial charge in [-0.15, -0.1) is 0 Å². The van der Waals surface area contributed by atoms with Crippen LogP contribution in [0.2, 0.25) is 0 Å². The third-order valence-electron chi connectivity index (χ3n) is 5.05. The SMILES string of the molecule is CCOC(=O)c1[nH]c2ccc(OC)cc2c1NC(=O)C(C)N1CCCCC1. The average Bonchev–Trinajstić information content (AvgIpc) is 3.05. The molecule has 27 heavy (non-hydrogen) atoms. The minimum absolute atomic E-state index is 0.133. The molecule has 0 aliphatic carbocycles. The lowest BCUT2D eigenvalue weighted by Gasteiger charge is -2.31. The molecule has 1 amide bonds. The van der Waals surface area contributed by atoms with Crippen LogP contribution in [-0.2, 0) is 9.53 Å². The van der Waals surface area contributed by atoms with E-state index in [1.807, 2.05) is 13.0 Å². The molecule has 1 aromatic carbocycles. The molecule has 1 unspecified atom stereocenters. The molecule has 0 radical (unpaired) electrons. The Morgan fingerprint density at radius 1 is 1.26 bits per heavy atom. The number of benzene rings is 1. The van der Waals surface area contributed by atoms with E-state index in [0.29, 0.717) is 11.4 Å². The number of aromatic amines is 1. The minimum Gasteiger partial charge on any atom is -0.497 e. The van der Waals surface area contributed by atoms with Crippen LogP contribution < -0.4 is 10.1 Å². The molecule has 2 heterocycles. The van der Waals surface area contributed by atoms with E-state index >= 15 is 0 Å². The van der Waals surface area contributed by atoms with Gasteiger partial charge in [0.2, 0.25) is 5.91 Å². The van der Waals surface area contributed by atoms with E-state index in [0.717, 1.165) is 36.8 Å². The Morgan fingerprint density at radius 3 is 2.67 bits per heavy atom. The number of anilines is 1. The molecule has 2 aromatic rings. The topological polar surface area (TPSA) is 83.7 Å². The second-order valence-electron chi connectivity index (χ2n) is 6.77. The quantitative estimate of drug-likeness (QED) is 0.760. The van der Waals surface area contributed by atoms with Crippen LogP contribution in [-0.4, -0.2) is 54.6 Å². The van der Waals surface area contributed by atoms with E-state index in [-0.39, 0.29) is 24.2 Å². The van der Waals surface area contributed by atoms with E-state index in [1.54, 1.807) is 26.2 Å². The van der Waals surface area contributed by atoms with Crippen molar-refractivity contribution in [1.29, 1.82) is 0 Å². The normalized spacial score (nSPS) is 16.1. The van der Waals surface area contributed by atoms with Crippen molar-refractivity contribution in [2.24, 2.45) is 0 Å². The highest BCUT2D eigenvalue weighted by molar-refractivity contribution is 6.12. The summed E-state index contributed by atoms with van der Waals surface area (Å²) in [7, 11) is 1.58. The van der Waals surface area contributed by atoms with E-state index in [4.69, 9.17) is 9.47 Å². The number of nitrogens with zero attached hydrogens (tertiary/aromatic N) is 1. The molecule has 1 aliphatic rings. The number of aromatic nitrogens is 1. The highest BCUT2D eigenvalue weighted by Crippen LogP contribution is 2.32. The van der Waals surface area contributed by atoms with Gasteiger partial charge in [-0.1, -0.05) is 6.42 Å². The fourth-order valence-electron chi connectivity index (χ4n) is 3.48. The number of hydrogen-bond acceptors (Lipinski definition) is 5. The van der Waals surface area contributed by atoms with Crippen molar-refractivity contribution in [3.63, 3.8) is 0 Å². The van der Waals surface area contributed by atoms with Crippen LogP contribution in [0.3, 0.4) is 0 Å². The maximum absolute atomic E-state index is 12.9. The molecular weight excluding hydrogens is 346 g/mol. The Bertz CT molecular complexity index is 824. The summed E-state index contributed by atoms with van der Waals surface area (Å²) in [5.41, 5.74) is 1.43. The van der Waals surface area contributed by atoms with Gasteiger partial charge in [-0.25, -0.2) is 4.79 Å². The molecular formula is C20H27N3O4. The highest BCUT2D eigenvalue weighted by atomic mass is 16.5. The van der Waals surface area contributed by atoms with E-state index in [2.05, 4.69) is 15.2 Å². The lowest BCUT2D eigenvalue weighted by Crippen LogP contribution is -2.44. The van der Waals surface area contributed by atoms with Gasteiger partial charge < -0.3 is 19.8 Å². The third-order valence-corrected chi connectivity index (χ3v) is 5.05. The zero-order chi connectivity index (χ0) is 19.4. The van der Waals surface area contributed by atoms with Crippen molar-refractivity contribution in [2.75, 3.05) is 32.1 Å². The lowest BCUT2D eigenvalue weighted by molar-refractivity contribution is -0.121. The predicted molar refractivity (Wildman–Crippen MR) is 104 cm³/mol. The fourth-order valence-corrected chi connectivity index (χ4v) is 3.48. The van der Waals surface area contributed by atoms with Crippen molar-refractivity contribution in [2.45, 2.75) is 39.2 Å². The maximum Gasteiger partial charge on any atom is 0.356 e. The predicted octanol–water partition coefficient (Wildman–Crippen LogP) is 3.17. The Morgan fingerprint density at radius 2 is 2.00 bits per heavy atom. The van der Waals surface area contributed by atoms with E-state index in [1.165, 1.54) is 6.42 Å². The first kappa shape index (κ1) is 19.2. The largest absolute Gasteiger partial charge is 0.497 e. The summed E-state index contributed by atoms with van der Waals surface area (Å²) in [5, 5.41) is 3.67. The number of H-pyrrole nitrogens is 1. The Kier molecular flexibility index (Phi) is 6.01. The summed E-state index contributed by atoms with van der Waals surface area (Å²) in [4.78, 5) is 30.5. The zero-order valence-electron chi connectivity index (χ0n) is 16.1. The van der Waals surface area contributed by atoms with Crippen LogP contribution in [0.4, 0.5) is 5.69 Å². The van der Waals surface area contributed by atoms with Crippen molar-refractivity contribution in [3.05, 3.63) is 23.9 Å². The molecule has 7 nitrogen and oxygen atoms in total. The summed E-state index contributed by atoms with van der Waals surface area (Å²) in [6.45, 7) is 5.75. The summed E-state index contributed by atoms with van der Waals surface area (Å²) in [5.74, 6) is 0.0243. The van der Waals surface area contributed by atoms with Crippen LogP contribution in [0.5, 0.6) is 5.75 Å². The van der Waals surface area contributed by atoms with E-state index in [9.17, 15) is 9.59 Å². The van der Waals surface area contributed by atoms with Gasteiger partial charge in [-0.2, -0.15) is 0 Å². The van der Waals surface area contributed by atoms with Crippen LogP contribution in [0.25, 0.3) is 10.9 Å². The number of likely N-dealkylation sites (tertiary alicyclic amines) is 1. The minimum atomic E-state index is -0.492. The van der Waals surface area contributed by atoms with E-state index < -0.39 is 5.97 Å². The number of carbonyl (C=O) groups is 2. The Hall–Kier alpha value is -2.54. The van der Waals surface area contributed by atoms with Gasteiger partial charge in [0.25, 0.3) is 0 Å². The first-order chi connectivity index (χ1) is 13.0. The molecule has 1 aromatic heterocycles. The van der Waals surface area contributed by atoms with Crippen molar-refractivity contribution < 1.29 is 19.1 Å². The molecule has 0 saturated carbocycles. The standard InChI is InChI=1S/C20H27N3O4/c1-4-27-20(25)18-17(15-12-14(26-3)8-9-16(15)21-18)22-19(24)13(2)23-10-6-5-7-11-23/h8-9,12-13,21H,4-7,10-11H2,1-3H3,(H,22,24). The number of ether oxygens (including phenoxy) is 2. The lowest BCUT2D eigenvalue weighted by atomic mass is 10.1. The summed E-state index contributed by atoms with van der Waals surface area (Å²) in [6.07, 6.45) is 3.42. The van der Waals surface area contributed by atoms with Gasteiger partial charge in [0, 0.05) is 10.9 Å². The monoisotopic (exact) mass is 373 g/mol. The van der Waals surface area contributed by atoms with Crippen LogP contribution in [0, 0.1) is 0 Å². The maximum atomic E-state index is 12.9. The molecule has 1 fully saturated rings. The molecule has 7 heteroatoms. The number of fused-ring (bicyclic) bond motifs is 1. The molecule has 1 saturated heterocycles. The smallest absolute Gasteiger partial charge is 0.356 e. The van der Waals surface area contributed by atoms with Gasteiger partial charge in [0.1, 0.15) is 11.4 Å². The Labute approximate surface area is 159 Å². The molecule has 2 N–H and O–H groups in total.